The van der Waals surface area contributed by atoms with Gasteiger partial charge in [0.25, 0.3) is 50.9 Å². The molecule has 0 bridgehead atoms. The molecule has 0 saturated heterocycles. The average molecular weight is 2180 g/mol. The number of halogens is 9. The number of rotatable bonds is 12. The molecule has 0 fully saturated rings. The minimum atomic E-state index is -0.583. The van der Waals surface area contributed by atoms with Gasteiger partial charge in [0.2, 0.25) is 11.1 Å². The predicted molar refractivity (Wildman–Crippen MR) is 441 cm³/mol. The number of anilines is 1. The molecule has 1 unspecified atom stereocenters. The van der Waals surface area contributed by atoms with E-state index in [0.29, 0.717) is 48.2 Å². The number of aromatic nitrogens is 10. The molecular weight excluding hydrogens is 2130 g/mol. The number of nitrogens with zero attached hydrogens (tertiary/aromatic N) is 13. The molecule has 0 aliphatic rings. The molecule has 1 atom stereocenters. The molecule has 43 nitrogen and oxygen atoms in total. The molecule has 0 spiro atoms. The van der Waals surface area contributed by atoms with Gasteiger partial charge in [0.15, 0.2) is 0 Å². The molecule has 115 heavy (non-hydrogen) atoms. The van der Waals surface area contributed by atoms with Crippen molar-refractivity contribution in [1.82, 2.24) is 49.8 Å². The number of hydrogen-bond acceptors (Lipinski definition) is 32. The third-order valence-electron chi connectivity index (χ3n) is 12.0. The molecule has 0 aliphatic carbocycles. The second-order valence-electron chi connectivity index (χ2n) is 20.2. The summed E-state index contributed by atoms with van der Waals surface area (Å²) in [6, 6.07) is 16.1. The van der Waals surface area contributed by atoms with Crippen molar-refractivity contribution in [2.24, 2.45) is 0 Å². The van der Waals surface area contributed by atoms with Crippen molar-refractivity contribution in [1.29, 1.82) is 0 Å². The predicted octanol–water partition coefficient (Wildman–Crippen LogP) is 15.1. The van der Waals surface area contributed by atoms with Crippen molar-refractivity contribution in [2.45, 2.75) is 60.8 Å². The number of nitro groups is 7. The van der Waals surface area contributed by atoms with Crippen molar-refractivity contribution >= 4 is 207 Å². The van der Waals surface area contributed by atoms with Gasteiger partial charge in [0.1, 0.15) is 34.7 Å². The maximum atomic E-state index is 11.7. The number of pyridine rings is 10. The van der Waals surface area contributed by atoms with E-state index in [1.165, 1.54) is 49.9 Å². The van der Waals surface area contributed by atoms with Gasteiger partial charge in [-0.2, -0.15) is 9.59 Å². The van der Waals surface area contributed by atoms with Crippen LogP contribution in [0.5, 0.6) is 11.5 Å². The first-order chi connectivity index (χ1) is 53.7. The van der Waals surface area contributed by atoms with Gasteiger partial charge < -0.3 is 40.2 Å². The molecule has 7 N–H and O–H groups in total. The summed E-state index contributed by atoms with van der Waals surface area (Å²) in [5, 5.41) is 80.1. The monoisotopic (exact) mass is 2170 g/mol. The molecular formula is C63H55Br9N18O25. The van der Waals surface area contributed by atoms with Crippen molar-refractivity contribution in [3.8, 4) is 11.5 Å². The van der Waals surface area contributed by atoms with E-state index in [1.54, 1.807) is 32.2 Å². The molecule has 10 aromatic heterocycles. The van der Waals surface area contributed by atoms with Crippen LogP contribution in [0.4, 0.5) is 45.5 Å². The number of nitrogens with two attached hydrogens (primary N) is 1. The highest BCUT2D eigenvalue weighted by Gasteiger charge is 2.25. The van der Waals surface area contributed by atoms with Crippen LogP contribution >= 0.6 is 143 Å². The zero-order valence-electron chi connectivity index (χ0n) is 59.2. The zero-order valence-corrected chi connectivity index (χ0v) is 73.5. The third-order valence-corrected chi connectivity index (χ3v) is 18.8. The number of H-pyrrole nitrogens is 4. The minimum Gasteiger partial charge on any atom is -0.506 e. The van der Waals surface area contributed by atoms with Crippen LogP contribution in [0.25, 0.3) is 0 Å². The van der Waals surface area contributed by atoms with Crippen molar-refractivity contribution in [3.05, 3.63) is 316 Å². The first-order valence-corrected chi connectivity index (χ1v) is 37.3. The van der Waals surface area contributed by atoms with Gasteiger partial charge in [-0.25, -0.2) is 4.98 Å². The van der Waals surface area contributed by atoms with Crippen LogP contribution in [0.3, 0.4) is 0 Å². The molecule has 0 saturated carbocycles. The summed E-state index contributed by atoms with van der Waals surface area (Å²) in [6.07, 6.45) is 13.1. The summed E-state index contributed by atoms with van der Waals surface area (Å²) in [5.74, 6) is -0.581. The van der Waals surface area contributed by atoms with E-state index in [1.807, 2.05) is 33.8 Å². The second-order valence-corrected chi connectivity index (χ2v) is 27.8. The molecule has 10 heterocycles. The Balaban J connectivity index is 0.00000126. The van der Waals surface area contributed by atoms with Gasteiger partial charge in [-0.05, 0) is 203 Å². The van der Waals surface area contributed by atoms with E-state index in [4.69, 9.17) is 29.9 Å². The SMILES string of the molecule is CC(=O)Oc1cnc(C)c(Br)c1.CCOC(=O)C(CC)c1ncc([N+](=O)[O-])cc1Br.Cc1ncc(N)cc1Br.Cc1ncc(O)cc1Br.Cc1ncc([N+](=O)[O-])cc1Br.O=C=O.O=[N+]([O-])c1cnc(Br)c(Br)c1.O=c1[nH]cc([N+](=O)[O-])cc1Br.O=c1[nH]cc([N+](=O)[O-])cc1Br.O=c1ccc([N+](=O)[O-])c[nH]1.O=c1ccc([N+](=O)[O-])c[nH]1. The number of aryl methyl sites for hydroxylation is 4. The molecule has 52 heteroatoms. The standard InChI is InChI=1S/C11H13BrN2O4.C8H8BrNO2.C6H5BrN2O2.C6H7BrN2.C6H6BrNO.C5H2Br2N2O2.2C5H3BrN2O3.2C5H4N2O3.CO2/c1-3-8(11(15)18-4-2)10-9(12)5-7(6-13-10)14(16)17;1-5-8(9)3-7(4-10-5)12-6(2)11;1-4-6(7)2-5(3-8-4)9(10)11;1-4-6(7)2-5(8)3-9-4;1-4-6(7)2-5(9)3-8-4;6-4-1-3(9(10)11)2-8-5(4)7;2*6-4-1-3(8(10)11)2-7-5(4)9;2*8-5-2-1-4(3-6-5)7(9)10;2-1-3/h5-6,8H,3-4H2,1-2H3;3-4H,1-2H3;2-3H,1H3;2-3H,8H2,1H3;2-3,9H,1H3;1-2H;2*1-2H,(H,7,9);2*1-3H,(H,6,8);. The smallest absolute Gasteiger partial charge is 0.373 e. The van der Waals surface area contributed by atoms with E-state index >= 15 is 0 Å². The number of carbonyl (C=O) groups excluding carboxylic acids is 4. The number of aromatic amines is 4. The zero-order chi connectivity index (χ0) is 88.1. The maximum Gasteiger partial charge on any atom is 0.373 e. The van der Waals surface area contributed by atoms with E-state index in [9.17, 15) is 99.6 Å². The van der Waals surface area contributed by atoms with Crippen molar-refractivity contribution < 1.29 is 68.2 Å². The number of nitrogens with one attached hydrogen (secondary N) is 4. The maximum absolute atomic E-state index is 11.7. The molecule has 0 aromatic carbocycles. The number of ether oxygens (including phenoxy) is 2. The lowest BCUT2D eigenvalue weighted by Crippen LogP contribution is -2.17. The Bertz CT molecular complexity index is 5070. The van der Waals surface area contributed by atoms with E-state index < -0.39 is 40.4 Å². The lowest BCUT2D eigenvalue weighted by molar-refractivity contribution is -0.385. The second kappa shape index (κ2) is 54.5. The van der Waals surface area contributed by atoms with Gasteiger partial charge in [0, 0.05) is 83.9 Å². The molecule has 10 rings (SSSR count). The third kappa shape index (κ3) is 41.9. The fraction of sp³-hybridized carbons (Fsp3) is 0.159. The Morgan fingerprint density at radius 3 is 1.10 bits per heavy atom. The molecule has 10 aromatic rings. The number of nitrogen functional groups attached to an aromatic ring is 1. The van der Waals surface area contributed by atoms with Gasteiger partial charge in [-0.1, -0.05) is 6.92 Å². The fourth-order valence-electron chi connectivity index (χ4n) is 6.48. The fourth-order valence-corrected chi connectivity index (χ4v) is 9.71. The summed E-state index contributed by atoms with van der Waals surface area (Å²) in [6.45, 7) is 12.6. The largest absolute Gasteiger partial charge is 0.506 e. The van der Waals surface area contributed by atoms with Crippen LogP contribution in [-0.4, -0.2) is 114 Å². The molecule has 0 amide bonds. The Morgan fingerprint density at radius 2 is 0.791 bits per heavy atom. The van der Waals surface area contributed by atoms with Gasteiger partial charge in [-0.3, -0.25) is 124 Å². The summed E-state index contributed by atoms with van der Waals surface area (Å²) >= 11 is 28.1. The Hall–Kier alpha value is -11.3. The van der Waals surface area contributed by atoms with Crippen LogP contribution in [0.2, 0.25) is 0 Å². The normalized spacial score (nSPS) is 9.70. The van der Waals surface area contributed by atoms with Gasteiger partial charge >= 0.3 is 18.1 Å². The first-order valence-electron chi connectivity index (χ1n) is 30.1. The number of aromatic hydroxyl groups is 1. The quantitative estimate of drug-likeness (QED) is 0.0286. The van der Waals surface area contributed by atoms with Gasteiger partial charge in [0.05, 0.1) is 138 Å². The van der Waals surface area contributed by atoms with E-state index in [-0.39, 0.29) is 94.8 Å². The molecule has 610 valence electrons. The first kappa shape index (κ1) is 104. The highest BCUT2D eigenvalue weighted by Crippen LogP contribution is 2.30. The number of esters is 2. The minimum absolute atomic E-state index is 0.00229. The summed E-state index contributed by atoms with van der Waals surface area (Å²) in [5.41, 5.74) is 7.94. The van der Waals surface area contributed by atoms with E-state index in [0.717, 1.165) is 104 Å². The van der Waals surface area contributed by atoms with Crippen LogP contribution < -0.4 is 32.7 Å². The van der Waals surface area contributed by atoms with Gasteiger partial charge in [-0.15, -0.1) is 0 Å². The highest BCUT2D eigenvalue weighted by molar-refractivity contribution is 9.13. The molecule has 0 radical (unpaired) electrons. The Kier molecular flexibility index (Phi) is 49.1. The van der Waals surface area contributed by atoms with Crippen LogP contribution in [0, 0.1) is 98.5 Å². The van der Waals surface area contributed by atoms with Crippen molar-refractivity contribution in [2.75, 3.05) is 12.3 Å². The van der Waals surface area contributed by atoms with Crippen LogP contribution in [0.15, 0.2) is 194 Å². The Morgan fingerprint density at radius 1 is 0.452 bits per heavy atom. The van der Waals surface area contributed by atoms with Crippen LogP contribution in [-0.2, 0) is 23.9 Å². The highest BCUT2D eigenvalue weighted by atomic mass is 79.9. The summed E-state index contributed by atoms with van der Waals surface area (Å²) in [4.78, 5) is 180. The average Bonchev–Trinajstić information content (AvgIpc) is 0.829. The molecule has 0 aliphatic heterocycles. The number of hydrogen-bond donors (Lipinski definition) is 6. The summed E-state index contributed by atoms with van der Waals surface area (Å²) < 4.78 is 15.0. The Labute approximate surface area is 719 Å². The van der Waals surface area contributed by atoms with Crippen LogP contribution in [0.1, 0.15) is 61.6 Å². The topological polar surface area (TPSA) is 644 Å². The lowest BCUT2D eigenvalue weighted by Gasteiger charge is -2.14. The van der Waals surface area contributed by atoms with E-state index in [2.05, 4.69) is 193 Å². The van der Waals surface area contributed by atoms with Crippen molar-refractivity contribution in [3.63, 3.8) is 0 Å². The summed E-state index contributed by atoms with van der Waals surface area (Å²) in [7, 11) is 0. The number of carbonyl (C=O) groups is 2. The lowest BCUT2D eigenvalue weighted by atomic mass is 10.0.